The van der Waals surface area contributed by atoms with Crippen molar-refractivity contribution in [3.63, 3.8) is 0 Å². The van der Waals surface area contributed by atoms with Crippen molar-refractivity contribution in [1.29, 1.82) is 0 Å². The summed E-state index contributed by atoms with van der Waals surface area (Å²) >= 11 is 0. The number of rotatable bonds is 13. The first-order valence-electron chi connectivity index (χ1n) is 13.0. The monoisotopic (exact) mass is 474 g/mol. The lowest BCUT2D eigenvalue weighted by atomic mass is 9.54. The second-order valence-corrected chi connectivity index (χ2v) is 11.1. The first kappa shape index (κ1) is 30.5. The fourth-order valence-electron chi connectivity index (χ4n) is 5.47. The number of hydrogen-bond donors (Lipinski definition) is 3. The quantitative estimate of drug-likeness (QED) is 0.159. The molecular formula is C30H50O4. The first-order valence-corrected chi connectivity index (χ1v) is 13.0. The van der Waals surface area contributed by atoms with Gasteiger partial charge in [-0.05, 0) is 111 Å². The van der Waals surface area contributed by atoms with Crippen LogP contribution in [0.5, 0.6) is 0 Å². The van der Waals surface area contributed by atoms with E-state index in [4.69, 9.17) is 0 Å². The molecule has 4 nitrogen and oxygen atoms in total. The fourth-order valence-corrected chi connectivity index (χ4v) is 5.47. The van der Waals surface area contributed by atoms with Crippen LogP contribution in [0, 0.1) is 11.3 Å². The van der Waals surface area contributed by atoms with Crippen molar-refractivity contribution in [3.05, 3.63) is 46.1 Å². The maximum absolute atomic E-state index is 11.6. The van der Waals surface area contributed by atoms with Crippen LogP contribution in [0.1, 0.15) is 106 Å². The van der Waals surface area contributed by atoms with Gasteiger partial charge in [-0.3, -0.25) is 4.79 Å². The summed E-state index contributed by atoms with van der Waals surface area (Å²) in [5.41, 5.74) is 4.35. The third kappa shape index (κ3) is 8.94. The molecule has 4 heteroatoms. The van der Waals surface area contributed by atoms with Gasteiger partial charge in [-0.2, -0.15) is 0 Å². The first-order chi connectivity index (χ1) is 15.9. The second-order valence-electron chi connectivity index (χ2n) is 11.1. The summed E-state index contributed by atoms with van der Waals surface area (Å²) in [6, 6.07) is 0. The molecule has 0 radical (unpaired) electrons. The van der Waals surface area contributed by atoms with E-state index in [2.05, 4.69) is 46.8 Å². The molecule has 0 aliphatic heterocycles. The average molecular weight is 475 g/mol. The number of aliphatic hydroxyl groups is 3. The summed E-state index contributed by atoms with van der Waals surface area (Å²) in [6.45, 7) is 14.4. The number of hydrogen-bond acceptors (Lipinski definition) is 4. The molecule has 4 atom stereocenters. The van der Waals surface area contributed by atoms with Gasteiger partial charge in [0.05, 0.1) is 11.7 Å². The van der Waals surface area contributed by atoms with Crippen LogP contribution in [0.25, 0.3) is 0 Å². The third-order valence-corrected chi connectivity index (χ3v) is 7.89. The van der Waals surface area contributed by atoms with Crippen LogP contribution < -0.4 is 0 Å². The number of aliphatic hydroxyl groups excluding tert-OH is 2. The van der Waals surface area contributed by atoms with Crippen LogP contribution in [0.2, 0.25) is 0 Å². The van der Waals surface area contributed by atoms with E-state index in [0.717, 1.165) is 61.5 Å². The van der Waals surface area contributed by atoms with Gasteiger partial charge < -0.3 is 15.3 Å². The van der Waals surface area contributed by atoms with Gasteiger partial charge in [0.25, 0.3) is 0 Å². The Morgan fingerprint density at radius 1 is 1.09 bits per heavy atom. The molecular weight excluding hydrogens is 424 g/mol. The normalized spacial score (nSPS) is 28.5. The van der Waals surface area contributed by atoms with E-state index in [1.165, 1.54) is 11.1 Å². The molecule has 1 aliphatic rings. The molecule has 1 unspecified atom stereocenters. The van der Waals surface area contributed by atoms with Crippen LogP contribution >= 0.6 is 0 Å². The zero-order valence-corrected chi connectivity index (χ0v) is 22.8. The van der Waals surface area contributed by atoms with Gasteiger partial charge in [-0.1, -0.05) is 47.4 Å². The van der Waals surface area contributed by atoms with E-state index >= 15 is 0 Å². The molecule has 0 aromatic rings. The van der Waals surface area contributed by atoms with E-state index in [1.807, 2.05) is 19.9 Å². The number of carbonyl (C=O) groups is 1. The Bertz CT molecular complexity index is 780. The second kappa shape index (κ2) is 14.2. The highest BCUT2D eigenvalue weighted by Gasteiger charge is 2.52. The lowest BCUT2D eigenvalue weighted by molar-refractivity contribution is -0.115. The molecule has 0 spiro atoms. The number of aldehydes is 1. The molecule has 0 bridgehead atoms. The van der Waals surface area contributed by atoms with E-state index in [0.29, 0.717) is 19.3 Å². The highest BCUT2D eigenvalue weighted by molar-refractivity contribution is 5.74. The predicted octanol–water partition coefficient (Wildman–Crippen LogP) is 6.61. The van der Waals surface area contributed by atoms with Gasteiger partial charge in [0, 0.05) is 12.0 Å². The van der Waals surface area contributed by atoms with E-state index < -0.39 is 17.1 Å². The van der Waals surface area contributed by atoms with E-state index in [1.54, 1.807) is 0 Å². The summed E-state index contributed by atoms with van der Waals surface area (Å²) in [7, 11) is 0. The minimum Gasteiger partial charge on any atom is -0.396 e. The van der Waals surface area contributed by atoms with Gasteiger partial charge in [-0.25, -0.2) is 0 Å². The largest absolute Gasteiger partial charge is 0.396 e. The standard InChI is InChI=1S/C30H50O4/c1-22(2)11-8-12-23(3)19-26(33)20-24(4)13-9-16-29(6)28(14-10-18-31)27(25(5)21-32)15-17-30(29,7)34/h11,13,19,21,26,28,31,33-34H,8-10,12,14-18,20H2,1-7H3/b23-19+,24-13+,27-25+/t26?,28-,29+,30+/m1/s1. The number of allylic oxidation sites excluding steroid dienone is 6. The Balaban J connectivity index is 2.91. The van der Waals surface area contributed by atoms with Crippen LogP contribution in [0.4, 0.5) is 0 Å². The fraction of sp³-hybridized carbons (Fsp3) is 0.700. The average Bonchev–Trinajstić information content (AvgIpc) is 2.73. The zero-order chi connectivity index (χ0) is 25.9. The Kier molecular flexibility index (Phi) is 12.7. The van der Waals surface area contributed by atoms with Crippen LogP contribution in [-0.2, 0) is 4.79 Å². The molecule has 34 heavy (non-hydrogen) atoms. The summed E-state index contributed by atoms with van der Waals surface area (Å²) in [4.78, 5) is 11.6. The van der Waals surface area contributed by atoms with Gasteiger partial charge in [0.2, 0.25) is 0 Å². The van der Waals surface area contributed by atoms with Gasteiger partial charge in [-0.15, -0.1) is 0 Å². The van der Waals surface area contributed by atoms with E-state index in [-0.39, 0.29) is 12.5 Å². The van der Waals surface area contributed by atoms with Crippen LogP contribution in [0.3, 0.4) is 0 Å². The molecule has 0 amide bonds. The lowest BCUT2D eigenvalue weighted by Gasteiger charge is -2.53. The van der Waals surface area contributed by atoms with Gasteiger partial charge in [0.1, 0.15) is 6.29 Å². The smallest absolute Gasteiger partial charge is 0.145 e. The Hall–Kier alpha value is -1.49. The maximum Gasteiger partial charge on any atom is 0.145 e. The summed E-state index contributed by atoms with van der Waals surface area (Å²) in [5.74, 6) is 0.0688. The molecule has 0 aromatic heterocycles. The molecule has 3 N–H and O–H groups in total. The molecule has 1 aliphatic carbocycles. The van der Waals surface area contributed by atoms with Crippen LogP contribution in [-0.4, -0.2) is 39.9 Å². The van der Waals surface area contributed by atoms with Crippen molar-refractivity contribution in [1.82, 2.24) is 0 Å². The zero-order valence-electron chi connectivity index (χ0n) is 22.8. The number of carbonyl (C=O) groups excluding carboxylic acids is 1. The van der Waals surface area contributed by atoms with Crippen molar-refractivity contribution in [2.45, 2.75) is 118 Å². The SMILES string of the molecule is CC(C)=CCC/C(C)=C/C(O)C/C(C)=C/CC[C@@]1(C)[C@H](CCCO)/C(=C(\C)C=O)CC[C@]1(C)O. The topological polar surface area (TPSA) is 77.8 Å². The van der Waals surface area contributed by atoms with E-state index in [9.17, 15) is 20.1 Å². The van der Waals surface area contributed by atoms with Crippen molar-refractivity contribution in [2.75, 3.05) is 6.61 Å². The molecule has 1 fully saturated rings. The third-order valence-electron chi connectivity index (χ3n) is 7.89. The summed E-state index contributed by atoms with van der Waals surface area (Å²) in [5, 5.41) is 31.4. The minimum atomic E-state index is -0.841. The van der Waals surface area contributed by atoms with Gasteiger partial charge >= 0.3 is 0 Å². The molecule has 1 saturated carbocycles. The highest BCUT2D eigenvalue weighted by Crippen LogP contribution is 2.55. The molecule has 1 rings (SSSR count). The highest BCUT2D eigenvalue weighted by atomic mass is 16.3. The minimum absolute atomic E-state index is 0.0688. The van der Waals surface area contributed by atoms with Crippen molar-refractivity contribution in [2.24, 2.45) is 11.3 Å². The molecule has 0 heterocycles. The lowest BCUT2D eigenvalue weighted by Crippen LogP contribution is -2.52. The van der Waals surface area contributed by atoms with Crippen LogP contribution in [0.15, 0.2) is 46.1 Å². The maximum atomic E-state index is 11.6. The van der Waals surface area contributed by atoms with Gasteiger partial charge in [0.15, 0.2) is 0 Å². The Labute approximate surface area is 208 Å². The molecule has 0 saturated heterocycles. The molecule has 0 aromatic carbocycles. The summed E-state index contributed by atoms with van der Waals surface area (Å²) in [6.07, 6.45) is 13.8. The Morgan fingerprint density at radius 2 is 1.76 bits per heavy atom. The van der Waals surface area contributed by atoms with Crippen molar-refractivity contribution >= 4 is 6.29 Å². The Morgan fingerprint density at radius 3 is 2.35 bits per heavy atom. The summed E-state index contributed by atoms with van der Waals surface area (Å²) < 4.78 is 0. The predicted molar refractivity (Wildman–Crippen MR) is 143 cm³/mol. The molecule has 194 valence electrons. The van der Waals surface area contributed by atoms with Crippen molar-refractivity contribution in [3.8, 4) is 0 Å². The van der Waals surface area contributed by atoms with Crippen molar-refractivity contribution < 1.29 is 20.1 Å².